The zero-order chi connectivity index (χ0) is 18.0. The summed E-state index contributed by atoms with van der Waals surface area (Å²) < 4.78 is 18.6. The molecule has 0 fully saturated rings. The van der Waals surface area contributed by atoms with Gasteiger partial charge in [-0.05, 0) is 25.1 Å². The molecule has 1 N–H and O–H groups in total. The van der Waals surface area contributed by atoms with Crippen molar-refractivity contribution >= 4 is 33.7 Å². The summed E-state index contributed by atoms with van der Waals surface area (Å²) in [6.07, 6.45) is 4.66. The Morgan fingerprint density at radius 3 is 2.96 bits per heavy atom. The summed E-state index contributed by atoms with van der Waals surface area (Å²) >= 11 is -1.36. The Balaban J connectivity index is 1.88. The average Bonchev–Trinajstić information content (AvgIpc) is 2.94. The van der Waals surface area contributed by atoms with E-state index in [9.17, 15) is 9.35 Å². The minimum atomic E-state index is -1.36. The van der Waals surface area contributed by atoms with Gasteiger partial charge in [0.15, 0.2) is 0 Å². The lowest BCUT2D eigenvalue weighted by Gasteiger charge is -2.10. The van der Waals surface area contributed by atoms with Gasteiger partial charge in [0.2, 0.25) is 5.88 Å². The number of anilines is 1. The minimum Gasteiger partial charge on any atom is -0.609 e. The first-order chi connectivity index (χ1) is 12.0. The Kier molecular flexibility index (Phi) is 4.86. The Morgan fingerprint density at radius 2 is 2.24 bits per heavy atom. The summed E-state index contributed by atoms with van der Waals surface area (Å²) in [5.41, 5.74) is 1.65. The Hall–Kier alpha value is -2.65. The standard InChI is InChI=1S/C16H17N5O3S/c1-4-24-15-12(8-17-16(19-15)25(3)23)14(22)18-11-5-6-13-10(7-11)9-21(2)20-13/h5-9H,4H2,1-3H3,(H,18,22). The SMILES string of the molecule is CCOc1nc([S+](C)[O-])ncc1C(=O)Nc1ccc2nn(C)cc2c1. The fourth-order valence-corrected chi connectivity index (χ4v) is 2.73. The van der Waals surface area contributed by atoms with E-state index in [1.54, 1.807) is 17.7 Å². The molecule has 1 atom stereocenters. The summed E-state index contributed by atoms with van der Waals surface area (Å²) in [5.74, 6) is -0.289. The van der Waals surface area contributed by atoms with Crippen molar-refractivity contribution < 1.29 is 14.1 Å². The van der Waals surface area contributed by atoms with Gasteiger partial charge in [0.1, 0.15) is 11.8 Å². The van der Waals surface area contributed by atoms with Crippen molar-refractivity contribution in [2.75, 3.05) is 18.2 Å². The molecule has 2 heterocycles. The van der Waals surface area contributed by atoms with Gasteiger partial charge in [-0.25, -0.2) is 0 Å². The first kappa shape index (κ1) is 17.2. The zero-order valence-corrected chi connectivity index (χ0v) is 14.8. The van der Waals surface area contributed by atoms with Crippen molar-refractivity contribution in [2.24, 2.45) is 7.05 Å². The van der Waals surface area contributed by atoms with Gasteiger partial charge in [-0.15, -0.1) is 4.98 Å². The Bertz CT molecular complexity index is 925. The molecule has 25 heavy (non-hydrogen) atoms. The van der Waals surface area contributed by atoms with Gasteiger partial charge >= 0.3 is 5.16 Å². The van der Waals surface area contributed by atoms with Crippen LogP contribution < -0.4 is 10.1 Å². The molecule has 0 saturated heterocycles. The van der Waals surface area contributed by atoms with Crippen molar-refractivity contribution in [1.82, 2.24) is 19.7 Å². The van der Waals surface area contributed by atoms with Crippen LogP contribution in [0.25, 0.3) is 10.9 Å². The van der Waals surface area contributed by atoms with Gasteiger partial charge in [-0.1, -0.05) is 0 Å². The highest BCUT2D eigenvalue weighted by molar-refractivity contribution is 7.90. The Labute approximate surface area is 147 Å². The second kappa shape index (κ2) is 7.08. The third-order valence-electron chi connectivity index (χ3n) is 3.39. The number of benzene rings is 1. The molecule has 0 bridgehead atoms. The van der Waals surface area contributed by atoms with Gasteiger partial charge in [-0.3, -0.25) is 9.48 Å². The average molecular weight is 359 g/mol. The topological polar surface area (TPSA) is 105 Å². The second-order valence-corrected chi connectivity index (χ2v) is 6.56. The fourth-order valence-electron chi connectivity index (χ4n) is 2.32. The highest BCUT2D eigenvalue weighted by Crippen LogP contribution is 2.21. The van der Waals surface area contributed by atoms with Crippen LogP contribution in [0.5, 0.6) is 5.88 Å². The van der Waals surface area contributed by atoms with Gasteiger partial charge in [0.25, 0.3) is 5.91 Å². The van der Waals surface area contributed by atoms with E-state index >= 15 is 0 Å². The highest BCUT2D eigenvalue weighted by Gasteiger charge is 2.20. The number of hydrogen-bond donors (Lipinski definition) is 1. The summed E-state index contributed by atoms with van der Waals surface area (Å²) in [6.45, 7) is 2.11. The van der Waals surface area contributed by atoms with E-state index in [1.165, 1.54) is 12.5 Å². The van der Waals surface area contributed by atoms with Crippen molar-refractivity contribution in [2.45, 2.75) is 12.1 Å². The molecule has 0 aliphatic carbocycles. The number of ether oxygens (including phenoxy) is 1. The highest BCUT2D eigenvalue weighted by atomic mass is 32.2. The first-order valence-electron chi connectivity index (χ1n) is 7.56. The summed E-state index contributed by atoms with van der Waals surface area (Å²) in [7, 11) is 1.84. The van der Waals surface area contributed by atoms with Crippen molar-refractivity contribution in [3.05, 3.63) is 36.2 Å². The number of aromatic nitrogens is 4. The van der Waals surface area contributed by atoms with Crippen molar-refractivity contribution in [1.29, 1.82) is 0 Å². The second-order valence-electron chi connectivity index (χ2n) is 5.29. The number of carbonyl (C=O) groups excluding carboxylic acids is 1. The van der Waals surface area contributed by atoms with Crippen LogP contribution in [0, 0.1) is 0 Å². The number of amides is 1. The number of nitrogens with zero attached hydrogens (tertiary/aromatic N) is 4. The molecule has 9 heteroatoms. The summed E-state index contributed by atoms with van der Waals surface area (Å²) in [4.78, 5) is 20.6. The minimum absolute atomic E-state index is 0.114. The van der Waals surface area contributed by atoms with Crippen LogP contribution in [0.15, 0.2) is 35.7 Å². The lowest BCUT2D eigenvalue weighted by molar-refractivity contribution is 0.102. The fraction of sp³-hybridized carbons (Fsp3) is 0.250. The van der Waals surface area contributed by atoms with E-state index in [4.69, 9.17) is 4.74 Å². The first-order valence-corrected chi connectivity index (χ1v) is 9.11. The smallest absolute Gasteiger partial charge is 0.345 e. The Morgan fingerprint density at radius 1 is 1.44 bits per heavy atom. The van der Waals surface area contributed by atoms with E-state index in [2.05, 4.69) is 20.4 Å². The number of rotatable bonds is 5. The number of nitrogens with one attached hydrogen (secondary N) is 1. The molecule has 130 valence electrons. The van der Waals surface area contributed by atoms with E-state index in [0.717, 1.165) is 10.9 Å². The number of hydrogen-bond acceptors (Lipinski definition) is 6. The van der Waals surface area contributed by atoms with E-state index in [-0.39, 0.29) is 16.6 Å². The molecule has 0 radical (unpaired) electrons. The molecule has 1 aromatic carbocycles. The third kappa shape index (κ3) is 3.72. The molecule has 1 amide bonds. The lowest BCUT2D eigenvalue weighted by Crippen LogP contribution is -2.17. The van der Waals surface area contributed by atoms with Crippen LogP contribution in [-0.4, -0.2) is 43.1 Å². The van der Waals surface area contributed by atoms with Crippen LogP contribution in [-0.2, 0) is 18.2 Å². The van der Waals surface area contributed by atoms with Crippen LogP contribution in [0.2, 0.25) is 0 Å². The third-order valence-corrected chi connectivity index (χ3v) is 4.10. The van der Waals surface area contributed by atoms with Gasteiger partial charge < -0.3 is 14.6 Å². The molecular formula is C16H17N5O3S. The van der Waals surface area contributed by atoms with Crippen molar-refractivity contribution in [3.8, 4) is 5.88 Å². The predicted octanol–water partition coefficient (Wildman–Crippen LogP) is 1.75. The largest absolute Gasteiger partial charge is 0.609 e. The van der Waals surface area contributed by atoms with E-state index < -0.39 is 17.1 Å². The molecule has 0 saturated carbocycles. The number of carbonyl (C=O) groups is 1. The molecule has 0 aliphatic heterocycles. The number of aryl methyl sites for hydroxylation is 1. The zero-order valence-electron chi connectivity index (χ0n) is 14.0. The molecule has 3 aromatic rings. The maximum Gasteiger partial charge on any atom is 0.345 e. The van der Waals surface area contributed by atoms with Crippen LogP contribution in [0.4, 0.5) is 5.69 Å². The van der Waals surface area contributed by atoms with Gasteiger partial charge in [0, 0.05) is 35.5 Å². The molecule has 0 spiro atoms. The molecule has 2 aromatic heterocycles. The van der Waals surface area contributed by atoms with Crippen LogP contribution >= 0.6 is 0 Å². The molecule has 1 unspecified atom stereocenters. The molecule has 3 rings (SSSR count). The molecule has 8 nitrogen and oxygen atoms in total. The molecular weight excluding hydrogens is 342 g/mol. The van der Waals surface area contributed by atoms with Crippen LogP contribution in [0.1, 0.15) is 17.3 Å². The van der Waals surface area contributed by atoms with E-state index in [0.29, 0.717) is 12.3 Å². The quantitative estimate of drug-likeness (QED) is 0.550. The number of fused-ring (bicyclic) bond motifs is 1. The monoisotopic (exact) mass is 359 g/mol. The summed E-state index contributed by atoms with van der Waals surface area (Å²) in [5, 5.41) is 8.12. The van der Waals surface area contributed by atoms with Crippen LogP contribution in [0.3, 0.4) is 0 Å². The van der Waals surface area contributed by atoms with Gasteiger partial charge in [0.05, 0.1) is 18.3 Å². The van der Waals surface area contributed by atoms with Crippen molar-refractivity contribution in [3.63, 3.8) is 0 Å². The normalized spacial score (nSPS) is 12.2. The summed E-state index contributed by atoms with van der Waals surface area (Å²) in [6, 6.07) is 5.43. The predicted molar refractivity (Wildman–Crippen MR) is 94.2 cm³/mol. The van der Waals surface area contributed by atoms with E-state index in [1.807, 2.05) is 25.4 Å². The molecule has 0 aliphatic rings. The maximum atomic E-state index is 12.6. The lowest BCUT2D eigenvalue weighted by atomic mass is 10.2. The maximum absolute atomic E-state index is 12.6. The van der Waals surface area contributed by atoms with Gasteiger partial charge in [-0.2, -0.15) is 10.1 Å².